The molecule has 8 nitrogen and oxygen atoms in total. The van der Waals surface area contributed by atoms with Gasteiger partial charge in [-0.15, -0.1) is 0 Å². The molecule has 10 heteroatoms. The van der Waals surface area contributed by atoms with Crippen LogP contribution < -0.4 is 15.6 Å². The summed E-state index contributed by atoms with van der Waals surface area (Å²) in [6.45, 7) is 5.28. The molecule has 0 spiro atoms. The molecular weight excluding hydrogens is 539 g/mol. The van der Waals surface area contributed by atoms with Gasteiger partial charge in [-0.2, -0.15) is 0 Å². The Morgan fingerprint density at radius 1 is 1.15 bits per heavy atom. The lowest BCUT2D eigenvalue weighted by Crippen LogP contribution is -2.35. The lowest BCUT2D eigenvalue weighted by Gasteiger charge is -2.30. The highest BCUT2D eigenvalue weighted by Gasteiger charge is 2.30. The van der Waals surface area contributed by atoms with E-state index >= 15 is 4.39 Å². The first kappa shape index (κ1) is 30.6. The number of ketones is 1. The molecular formula is C30H32ClFN2O6. The smallest absolute Gasteiger partial charge is 0.335 e. The van der Waals surface area contributed by atoms with Crippen molar-refractivity contribution in [2.75, 3.05) is 12.4 Å². The Balaban J connectivity index is 0.00000216. The zero-order chi connectivity index (χ0) is 29.6. The first-order valence-corrected chi connectivity index (χ1v) is 13.4. The third-order valence-corrected chi connectivity index (χ3v) is 7.12. The number of anilines is 1. The highest BCUT2D eigenvalue weighted by Crippen LogP contribution is 2.38. The van der Waals surface area contributed by atoms with Gasteiger partial charge in [-0.25, -0.2) is 9.18 Å². The van der Waals surface area contributed by atoms with Crippen molar-refractivity contribution in [1.29, 1.82) is 0 Å². The number of ether oxygens (including phenoxy) is 1. The van der Waals surface area contributed by atoms with Crippen LogP contribution in [-0.4, -0.2) is 34.4 Å². The highest BCUT2D eigenvalue weighted by molar-refractivity contribution is 6.31. The number of aromatic carboxylic acids is 1. The van der Waals surface area contributed by atoms with Crippen LogP contribution >= 0.6 is 11.6 Å². The minimum Gasteiger partial charge on any atom is -0.495 e. The topological polar surface area (TPSA) is 115 Å². The molecule has 1 unspecified atom stereocenters. The summed E-state index contributed by atoms with van der Waals surface area (Å²) in [6, 6.07) is 8.57. The second kappa shape index (κ2) is 13.4. The second-order valence-electron chi connectivity index (χ2n) is 9.26. The van der Waals surface area contributed by atoms with Crippen LogP contribution in [0.2, 0.25) is 5.02 Å². The molecule has 1 atom stereocenters. The molecule has 2 aromatic carbocycles. The third kappa shape index (κ3) is 6.59. The van der Waals surface area contributed by atoms with E-state index in [0.29, 0.717) is 12.1 Å². The zero-order valence-electron chi connectivity index (χ0n) is 22.8. The maximum absolute atomic E-state index is 15.1. The summed E-state index contributed by atoms with van der Waals surface area (Å²) in [5, 5.41) is 11.6. The predicted molar refractivity (Wildman–Crippen MR) is 152 cm³/mol. The number of carbonyl (C=O) groups is 3. The van der Waals surface area contributed by atoms with Gasteiger partial charge < -0.3 is 15.2 Å². The van der Waals surface area contributed by atoms with Gasteiger partial charge in [-0.05, 0) is 55.7 Å². The minimum absolute atomic E-state index is 0.0379. The number of halogens is 2. The maximum Gasteiger partial charge on any atom is 0.335 e. The molecule has 1 aliphatic rings. The van der Waals surface area contributed by atoms with Gasteiger partial charge in [0.15, 0.2) is 5.78 Å². The molecule has 0 saturated heterocycles. The Labute approximate surface area is 236 Å². The molecule has 1 aromatic heterocycles. The van der Waals surface area contributed by atoms with Crippen molar-refractivity contribution in [3.8, 4) is 16.9 Å². The quantitative estimate of drug-likeness (QED) is 0.280. The van der Waals surface area contributed by atoms with Crippen LogP contribution in [0.5, 0.6) is 5.75 Å². The third-order valence-electron chi connectivity index (χ3n) is 6.83. The van der Waals surface area contributed by atoms with Crippen LogP contribution in [0.4, 0.5) is 10.1 Å². The van der Waals surface area contributed by atoms with Crippen LogP contribution in [0, 0.1) is 11.7 Å². The molecule has 1 saturated carbocycles. The molecule has 0 radical (unpaired) electrons. The van der Waals surface area contributed by atoms with Gasteiger partial charge in [0.2, 0.25) is 5.91 Å². The Morgan fingerprint density at radius 2 is 1.80 bits per heavy atom. The Kier molecular flexibility index (Phi) is 10.2. The van der Waals surface area contributed by atoms with E-state index in [4.69, 9.17) is 21.4 Å². The van der Waals surface area contributed by atoms with E-state index in [1.165, 1.54) is 61.2 Å². The SMILES string of the molecule is CC.COc1cn(C(CC2CCC2)C(=O)Nc2ccc(C(=O)O)cc2)c(=O)cc1-c1c(C(C)=O)ccc(Cl)c1F. The molecule has 212 valence electrons. The summed E-state index contributed by atoms with van der Waals surface area (Å²) in [6.07, 6.45) is 4.63. The number of carboxylic acid groups (broad SMARTS) is 1. The van der Waals surface area contributed by atoms with E-state index in [1.807, 2.05) is 13.8 Å². The molecule has 1 heterocycles. The van der Waals surface area contributed by atoms with Gasteiger partial charge in [0.25, 0.3) is 5.56 Å². The van der Waals surface area contributed by atoms with E-state index < -0.39 is 35.1 Å². The monoisotopic (exact) mass is 570 g/mol. The van der Waals surface area contributed by atoms with E-state index in [0.717, 1.165) is 25.3 Å². The zero-order valence-corrected chi connectivity index (χ0v) is 23.5. The van der Waals surface area contributed by atoms with Crippen LogP contribution in [0.3, 0.4) is 0 Å². The molecule has 4 rings (SSSR count). The summed E-state index contributed by atoms with van der Waals surface area (Å²) in [4.78, 5) is 50.1. The van der Waals surface area contributed by atoms with Gasteiger partial charge in [0.1, 0.15) is 17.6 Å². The lowest BCUT2D eigenvalue weighted by atomic mass is 9.80. The number of carboxylic acids is 1. The van der Waals surface area contributed by atoms with Crippen LogP contribution in [0.15, 0.2) is 53.5 Å². The summed E-state index contributed by atoms with van der Waals surface area (Å²) in [5.41, 5.74) is -0.201. The standard InChI is InChI=1S/C28H26ClFN2O6.C2H6/c1-15(33)19-10-11-21(29)26(30)25(19)20-13-24(34)32(14-23(20)38-2)22(12-16-4-3-5-16)27(35)31-18-8-6-17(7-9-18)28(36)37;1-2/h6-11,13-14,16,22H,3-5,12H2,1-2H3,(H,31,35)(H,36,37);1-2H3. The summed E-state index contributed by atoms with van der Waals surface area (Å²) >= 11 is 5.99. The predicted octanol–water partition coefficient (Wildman–Crippen LogP) is 6.61. The number of aromatic nitrogens is 1. The van der Waals surface area contributed by atoms with Gasteiger partial charge in [-0.3, -0.25) is 19.0 Å². The number of Topliss-reactive ketones (excluding diaryl/α,β-unsaturated/α-hetero) is 1. The molecule has 1 aliphatic carbocycles. The van der Waals surface area contributed by atoms with Crippen molar-refractivity contribution in [3.63, 3.8) is 0 Å². The number of nitrogens with one attached hydrogen (secondary N) is 1. The number of hydrogen-bond acceptors (Lipinski definition) is 5. The molecule has 3 aromatic rings. The second-order valence-corrected chi connectivity index (χ2v) is 9.67. The fraction of sp³-hybridized carbons (Fsp3) is 0.333. The Hall–Kier alpha value is -3.98. The number of nitrogens with zero attached hydrogens (tertiary/aromatic N) is 1. The average molecular weight is 571 g/mol. The fourth-order valence-electron chi connectivity index (χ4n) is 4.55. The van der Waals surface area contributed by atoms with E-state index in [1.54, 1.807) is 0 Å². The number of rotatable bonds is 9. The first-order chi connectivity index (χ1) is 19.1. The summed E-state index contributed by atoms with van der Waals surface area (Å²) in [5.74, 6) is -2.50. The molecule has 2 N–H and O–H groups in total. The van der Waals surface area contributed by atoms with E-state index in [-0.39, 0.29) is 38.9 Å². The summed E-state index contributed by atoms with van der Waals surface area (Å²) < 4.78 is 21.9. The van der Waals surface area contributed by atoms with E-state index in [9.17, 15) is 19.2 Å². The molecule has 1 fully saturated rings. The number of carbonyl (C=O) groups excluding carboxylic acids is 2. The van der Waals surface area contributed by atoms with Gasteiger partial charge >= 0.3 is 5.97 Å². The largest absolute Gasteiger partial charge is 0.495 e. The van der Waals surface area contributed by atoms with Gasteiger partial charge in [0, 0.05) is 28.4 Å². The van der Waals surface area contributed by atoms with Crippen molar-refractivity contribution < 1.29 is 28.6 Å². The first-order valence-electron chi connectivity index (χ1n) is 13.0. The van der Waals surface area contributed by atoms with Crippen LogP contribution in [-0.2, 0) is 4.79 Å². The van der Waals surface area contributed by atoms with Gasteiger partial charge in [0.05, 0.1) is 23.9 Å². The van der Waals surface area contributed by atoms with Gasteiger partial charge in [-0.1, -0.05) is 44.7 Å². The summed E-state index contributed by atoms with van der Waals surface area (Å²) in [7, 11) is 1.34. The van der Waals surface area contributed by atoms with Crippen molar-refractivity contribution in [1.82, 2.24) is 4.57 Å². The number of hydrogen-bond donors (Lipinski definition) is 2. The van der Waals surface area contributed by atoms with Crippen LogP contribution in [0.1, 0.15) is 73.2 Å². The molecule has 0 aliphatic heterocycles. The highest BCUT2D eigenvalue weighted by atomic mass is 35.5. The molecule has 1 amide bonds. The Bertz CT molecular complexity index is 1460. The fourth-order valence-corrected chi connectivity index (χ4v) is 4.71. The van der Waals surface area contributed by atoms with Crippen molar-refractivity contribution >= 4 is 34.9 Å². The van der Waals surface area contributed by atoms with Crippen molar-refractivity contribution in [3.05, 3.63) is 81.0 Å². The average Bonchev–Trinajstić information content (AvgIpc) is 2.91. The number of pyridine rings is 1. The van der Waals surface area contributed by atoms with Crippen LogP contribution in [0.25, 0.3) is 11.1 Å². The number of benzene rings is 2. The van der Waals surface area contributed by atoms with E-state index in [2.05, 4.69) is 5.32 Å². The maximum atomic E-state index is 15.1. The minimum atomic E-state index is -1.09. The lowest BCUT2D eigenvalue weighted by molar-refractivity contribution is -0.120. The van der Waals surface area contributed by atoms with Crippen molar-refractivity contribution in [2.45, 2.75) is 52.5 Å². The number of amides is 1. The normalized spacial score (nSPS) is 13.3. The molecule has 40 heavy (non-hydrogen) atoms. The molecule has 0 bridgehead atoms. The number of methoxy groups -OCH3 is 1. The van der Waals surface area contributed by atoms with Crippen molar-refractivity contribution in [2.24, 2.45) is 5.92 Å². The Morgan fingerprint density at radius 3 is 2.33 bits per heavy atom.